The lowest BCUT2D eigenvalue weighted by molar-refractivity contribution is -0.387. The summed E-state index contributed by atoms with van der Waals surface area (Å²) in [6.45, 7) is 1.90. The van der Waals surface area contributed by atoms with Gasteiger partial charge in [-0.15, -0.1) is 0 Å². The highest BCUT2D eigenvalue weighted by molar-refractivity contribution is 7.99. The van der Waals surface area contributed by atoms with E-state index in [1.807, 2.05) is 31.2 Å². The molecule has 1 atom stereocenters. The highest BCUT2D eigenvalue weighted by atomic mass is 32.2. The Morgan fingerprint density at radius 2 is 1.75 bits per heavy atom. The molecule has 2 aromatic rings. The molecule has 0 fully saturated rings. The third-order valence-electron chi connectivity index (χ3n) is 2.95. The molecule has 4 nitrogen and oxygen atoms in total. The van der Waals surface area contributed by atoms with E-state index in [0.717, 1.165) is 10.5 Å². The molecule has 0 aliphatic heterocycles. The van der Waals surface area contributed by atoms with Crippen molar-refractivity contribution in [3.05, 3.63) is 64.2 Å². The van der Waals surface area contributed by atoms with Gasteiger partial charge < -0.3 is 5.11 Å². The SMILES string of the molecule is CC[C@H](O)c1ccccc1Sc1ccccc1[N+](=O)[O-]. The summed E-state index contributed by atoms with van der Waals surface area (Å²) in [5.41, 5.74) is 0.886. The summed E-state index contributed by atoms with van der Waals surface area (Å²) >= 11 is 1.31. The van der Waals surface area contributed by atoms with E-state index in [2.05, 4.69) is 0 Å². The Morgan fingerprint density at radius 1 is 1.15 bits per heavy atom. The second-order valence-corrected chi connectivity index (χ2v) is 5.37. The van der Waals surface area contributed by atoms with Gasteiger partial charge in [0.05, 0.1) is 15.9 Å². The molecular formula is C15H15NO3S. The molecule has 5 heteroatoms. The lowest BCUT2D eigenvalue weighted by atomic mass is 10.1. The summed E-state index contributed by atoms with van der Waals surface area (Å²) in [5.74, 6) is 0. The van der Waals surface area contributed by atoms with Gasteiger partial charge in [0.1, 0.15) is 0 Å². The quantitative estimate of drug-likeness (QED) is 0.662. The van der Waals surface area contributed by atoms with Crippen molar-refractivity contribution < 1.29 is 10.0 Å². The van der Waals surface area contributed by atoms with Crippen LogP contribution >= 0.6 is 11.8 Å². The molecule has 0 saturated carbocycles. The third-order valence-corrected chi connectivity index (χ3v) is 4.10. The molecule has 0 amide bonds. The minimum Gasteiger partial charge on any atom is -0.388 e. The zero-order chi connectivity index (χ0) is 14.5. The Bertz CT molecular complexity index is 616. The Balaban J connectivity index is 2.38. The molecule has 0 heterocycles. The lowest BCUT2D eigenvalue weighted by Crippen LogP contribution is -1.97. The molecule has 104 valence electrons. The van der Waals surface area contributed by atoms with Crippen molar-refractivity contribution in [1.82, 2.24) is 0 Å². The van der Waals surface area contributed by atoms with Crippen molar-refractivity contribution in [1.29, 1.82) is 0 Å². The van der Waals surface area contributed by atoms with Crippen molar-refractivity contribution in [2.75, 3.05) is 0 Å². The number of nitrogens with zero attached hydrogens (tertiary/aromatic N) is 1. The van der Waals surface area contributed by atoms with Crippen LogP contribution in [0.2, 0.25) is 0 Å². The minimum atomic E-state index is -0.554. The van der Waals surface area contributed by atoms with Gasteiger partial charge in [-0.05, 0) is 24.1 Å². The molecule has 20 heavy (non-hydrogen) atoms. The summed E-state index contributed by atoms with van der Waals surface area (Å²) in [6.07, 6.45) is 0.0514. The summed E-state index contributed by atoms with van der Waals surface area (Å²) in [4.78, 5) is 12.1. The van der Waals surface area contributed by atoms with E-state index in [1.54, 1.807) is 18.2 Å². The Morgan fingerprint density at radius 3 is 2.40 bits per heavy atom. The van der Waals surface area contributed by atoms with Crippen LogP contribution in [0.3, 0.4) is 0 Å². The molecule has 0 aliphatic rings. The highest BCUT2D eigenvalue weighted by Crippen LogP contribution is 2.38. The minimum absolute atomic E-state index is 0.0818. The van der Waals surface area contributed by atoms with Gasteiger partial charge in [0.15, 0.2) is 0 Å². The maximum Gasteiger partial charge on any atom is 0.283 e. The molecule has 2 aromatic carbocycles. The van der Waals surface area contributed by atoms with Crippen LogP contribution in [-0.2, 0) is 0 Å². The van der Waals surface area contributed by atoms with Crippen molar-refractivity contribution in [3.63, 3.8) is 0 Å². The Labute approximate surface area is 121 Å². The van der Waals surface area contributed by atoms with E-state index in [1.165, 1.54) is 17.8 Å². The van der Waals surface area contributed by atoms with E-state index in [-0.39, 0.29) is 10.6 Å². The van der Waals surface area contributed by atoms with Gasteiger partial charge in [-0.25, -0.2) is 0 Å². The van der Waals surface area contributed by atoms with Crippen LogP contribution in [-0.4, -0.2) is 10.0 Å². The first-order valence-corrected chi connectivity index (χ1v) is 7.13. The second-order valence-electron chi connectivity index (χ2n) is 4.29. The first kappa shape index (κ1) is 14.6. The van der Waals surface area contributed by atoms with Gasteiger partial charge in [0, 0.05) is 11.0 Å². The first-order valence-electron chi connectivity index (χ1n) is 6.31. The Kier molecular flexibility index (Phi) is 4.76. The van der Waals surface area contributed by atoms with Crippen molar-refractivity contribution in [3.8, 4) is 0 Å². The van der Waals surface area contributed by atoms with Gasteiger partial charge in [-0.1, -0.05) is 49.0 Å². The van der Waals surface area contributed by atoms with E-state index >= 15 is 0 Å². The number of para-hydroxylation sites is 1. The number of nitro benzene ring substituents is 1. The predicted molar refractivity (Wildman–Crippen MR) is 78.9 cm³/mol. The molecule has 0 bridgehead atoms. The van der Waals surface area contributed by atoms with Gasteiger partial charge in [-0.2, -0.15) is 0 Å². The van der Waals surface area contributed by atoms with E-state index in [0.29, 0.717) is 11.3 Å². The van der Waals surface area contributed by atoms with Crippen LogP contribution in [0.15, 0.2) is 58.3 Å². The zero-order valence-electron chi connectivity index (χ0n) is 11.0. The molecule has 0 aliphatic carbocycles. The standard InChI is InChI=1S/C15H15NO3S/c1-2-13(17)11-7-3-5-9-14(11)20-15-10-6-4-8-12(15)16(18)19/h3-10,13,17H,2H2,1H3/t13-/m0/s1. The molecule has 0 spiro atoms. The van der Waals surface area contributed by atoms with Gasteiger partial charge in [0.25, 0.3) is 5.69 Å². The summed E-state index contributed by atoms with van der Waals surface area (Å²) < 4.78 is 0. The zero-order valence-corrected chi connectivity index (χ0v) is 11.8. The molecule has 0 radical (unpaired) electrons. The Hall–Kier alpha value is -1.85. The number of aliphatic hydroxyl groups excluding tert-OH is 1. The van der Waals surface area contributed by atoms with Gasteiger partial charge in [-0.3, -0.25) is 10.1 Å². The third kappa shape index (κ3) is 3.18. The van der Waals surface area contributed by atoms with E-state index in [4.69, 9.17) is 0 Å². The number of hydrogen-bond donors (Lipinski definition) is 1. The second kappa shape index (κ2) is 6.54. The summed E-state index contributed by atoms with van der Waals surface area (Å²) in [6, 6.07) is 14.1. The summed E-state index contributed by atoms with van der Waals surface area (Å²) in [5, 5.41) is 21.0. The molecular weight excluding hydrogens is 274 g/mol. The van der Waals surface area contributed by atoms with Crippen LogP contribution in [0.25, 0.3) is 0 Å². The van der Waals surface area contributed by atoms with Crippen molar-refractivity contribution in [2.45, 2.75) is 29.2 Å². The number of nitro groups is 1. The van der Waals surface area contributed by atoms with E-state index in [9.17, 15) is 15.2 Å². The van der Waals surface area contributed by atoms with Crippen LogP contribution in [0, 0.1) is 10.1 Å². The number of hydrogen-bond acceptors (Lipinski definition) is 4. The number of rotatable bonds is 5. The molecule has 1 N–H and O–H groups in total. The first-order chi connectivity index (χ1) is 9.63. The highest BCUT2D eigenvalue weighted by Gasteiger charge is 2.16. The van der Waals surface area contributed by atoms with Crippen LogP contribution in [0.1, 0.15) is 25.0 Å². The van der Waals surface area contributed by atoms with Crippen LogP contribution in [0.5, 0.6) is 0 Å². The largest absolute Gasteiger partial charge is 0.388 e. The molecule has 2 rings (SSSR count). The number of benzene rings is 2. The normalized spacial score (nSPS) is 12.1. The summed E-state index contributed by atoms with van der Waals surface area (Å²) in [7, 11) is 0. The fourth-order valence-corrected chi connectivity index (χ4v) is 2.98. The van der Waals surface area contributed by atoms with E-state index < -0.39 is 6.10 Å². The smallest absolute Gasteiger partial charge is 0.283 e. The maximum atomic E-state index is 11.0. The monoisotopic (exact) mass is 289 g/mol. The van der Waals surface area contributed by atoms with Crippen LogP contribution in [0.4, 0.5) is 5.69 Å². The average Bonchev–Trinajstić information content (AvgIpc) is 2.47. The van der Waals surface area contributed by atoms with Crippen molar-refractivity contribution in [2.24, 2.45) is 0 Å². The average molecular weight is 289 g/mol. The number of aliphatic hydroxyl groups is 1. The fraction of sp³-hybridized carbons (Fsp3) is 0.200. The molecule has 0 aromatic heterocycles. The van der Waals surface area contributed by atoms with Crippen LogP contribution < -0.4 is 0 Å². The van der Waals surface area contributed by atoms with Gasteiger partial charge >= 0.3 is 0 Å². The fourth-order valence-electron chi connectivity index (χ4n) is 1.88. The topological polar surface area (TPSA) is 63.4 Å². The molecule has 0 unspecified atom stereocenters. The van der Waals surface area contributed by atoms with Crippen molar-refractivity contribution >= 4 is 17.4 Å². The lowest BCUT2D eigenvalue weighted by Gasteiger charge is -2.13. The predicted octanol–water partition coefficient (Wildman–Crippen LogP) is 4.19. The maximum absolute atomic E-state index is 11.0. The molecule has 0 saturated heterocycles. The van der Waals surface area contributed by atoms with Gasteiger partial charge in [0.2, 0.25) is 0 Å².